The molecule has 0 atom stereocenters. The predicted molar refractivity (Wildman–Crippen MR) is 236 cm³/mol. The molecule has 8 aromatic rings. The van der Waals surface area contributed by atoms with Gasteiger partial charge in [0, 0.05) is 33.5 Å². The summed E-state index contributed by atoms with van der Waals surface area (Å²) in [5.74, 6) is 0. The van der Waals surface area contributed by atoms with Crippen LogP contribution in [0, 0.1) is 27.7 Å². The third kappa shape index (κ3) is 6.18. The first-order chi connectivity index (χ1) is 25.7. The zero-order chi connectivity index (χ0) is 38.1. The molecular weight excluding hydrogens is 653 g/mol. The van der Waals surface area contributed by atoms with Crippen molar-refractivity contribution in [1.29, 1.82) is 0 Å². The van der Waals surface area contributed by atoms with Crippen LogP contribution >= 0.6 is 0 Å². The summed E-state index contributed by atoms with van der Waals surface area (Å²) in [5.41, 5.74) is 14.9. The van der Waals surface area contributed by atoms with Crippen molar-refractivity contribution in [1.82, 2.24) is 0 Å². The molecule has 0 aliphatic carbocycles. The van der Waals surface area contributed by atoms with Crippen molar-refractivity contribution in [3.05, 3.63) is 167 Å². The summed E-state index contributed by atoms with van der Waals surface area (Å²) in [4.78, 5) is 4.95. The lowest BCUT2D eigenvalue weighted by Crippen LogP contribution is -2.15. The number of rotatable bonds is 6. The highest BCUT2D eigenvalue weighted by Crippen LogP contribution is 2.48. The van der Waals surface area contributed by atoms with Gasteiger partial charge in [-0.1, -0.05) is 126 Å². The van der Waals surface area contributed by atoms with Crippen molar-refractivity contribution in [2.24, 2.45) is 0 Å². The topological polar surface area (TPSA) is 6.48 Å². The van der Waals surface area contributed by atoms with Crippen LogP contribution in [0.4, 0.5) is 34.1 Å². The average molecular weight is 705 g/mol. The van der Waals surface area contributed by atoms with E-state index in [4.69, 9.17) is 0 Å². The van der Waals surface area contributed by atoms with E-state index >= 15 is 0 Å². The van der Waals surface area contributed by atoms with Crippen LogP contribution in [-0.4, -0.2) is 0 Å². The van der Waals surface area contributed by atoms with Crippen LogP contribution < -0.4 is 9.80 Å². The van der Waals surface area contributed by atoms with Crippen molar-refractivity contribution < 1.29 is 0 Å². The highest BCUT2D eigenvalue weighted by molar-refractivity contribution is 6.28. The molecule has 0 saturated carbocycles. The highest BCUT2D eigenvalue weighted by atomic mass is 15.2. The van der Waals surface area contributed by atoms with Crippen LogP contribution in [0.5, 0.6) is 0 Å². The van der Waals surface area contributed by atoms with Crippen LogP contribution in [-0.2, 0) is 10.8 Å². The third-order valence-corrected chi connectivity index (χ3v) is 11.3. The Bertz CT molecular complexity index is 2460. The summed E-state index contributed by atoms with van der Waals surface area (Å²) in [7, 11) is 0. The van der Waals surface area contributed by atoms with Crippen molar-refractivity contribution in [2.75, 3.05) is 9.80 Å². The number of anilines is 6. The molecule has 2 heteroatoms. The minimum Gasteiger partial charge on any atom is -0.310 e. The number of aryl methyl sites for hydroxylation is 4. The lowest BCUT2D eigenvalue weighted by Gasteiger charge is -2.31. The molecule has 8 rings (SSSR count). The normalized spacial score (nSPS) is 12.3. The minimum absolute atomic E-state index is 0.0762. The number of hydrogen-bond acceptors (Lipinski definition) is 2. The van der Waals surface area contributed by atoms with Gasteiger partial charge >= 0.3 is 0 Å². The molecule has 2 nitrogen and oxygen atoms in total. The molecular formula is C52H52N2. The molecule has 0 aliphatic rings. The van der Waals surface area contributed by atoms with E-state index in [0.717, 1.165) is 11.4 Å². The molecule has 0 bridgehead atoms. The minimum atomic E-state index is 0.0762. The lowest BCUT2D eigenvalue weighted by molar-refractivity contribution is 0.590. The fourth-order valence-electron chi connectivity index (χ4n) is 8.12. The second kappa shape index (κ2) is 13.1. The largest absolute Gasteiger partial charge is 0.310 e. The monoisotopic (exact) mass is 704 g/mol. The van der Waals surface area contributed by atoms with Gasteiger partial charge in [0.2, 0.25) is 0 Å². The fourth-order valence-corrected chi connectivity index (χ4v) is 8.12. The summed E-state index contributed by atoms with van der Waals surface area (Å²) in [5, 5.41) is 7.60. The van der Waals surface area contributed by atoms with Crippen LogP contribution in [0.15, 0.2) is 133 Å². The zero-order valence-corrected chi connectivity index (χ0v) is 33.6. The highest BCUT2D eigenvalue weighted by Gasteiger charge is 2.24. The van der Waals surface area contributed by atoms with Gasteiger partial charge in [-0.05, 0) is 142 Å². The molecule has 270 valence electrons. The smallest absolute Gasteiger partial charge is 0.0540 e. The Labute approximate surface area is 322 Å². The maximum atomic E-state index is 2.47. The number of hydrogen-bond donors (Lipinski definition) is 0. The van der Waals surface area contributed by atoms with Gasteiger partial charge in [0.25, 0.3) is 0 Å². The first-order valence-electron chi connectivity index (χ1n) is 19.4. The van der Waals surface area contributed by atoms with E-state index in [1.165, 1.54) is 88.4 Å². The van der Waals surface area contributed by atoms with Crippen molar-refractivity contribution in [3.63, 3.8) is 0 Å². The first-order valence-corrected chi connectivity index (χ1v) is 19.4. The van der Waals surface area contributed by atoms with Gasteiger partial charge < -0.3 is 9.80 Å². The summed E-state index contributed by atoms with van der Waals surface area (Å²) in [6.45, 7) is 22.5. The van der Waals surface area contributed by atoms with Crippen LogP contribution in [0.3, 0.4) is 0 Å². The SMILES string of the molecule is Cc1ccc(C)c(N(c2ccc(C(C)(C)C)cc2)c2ccc3ccc4c(N(c5ccc(C(C)(C)C)cc5)c5cc(C)ccc5C)ccc5ccc2c3c54)c1. The van der Waals surface area contributed by atoms with Crippen LogP contribution in [0.25, 0.3) is 32.3 Å². The van der Waals surface area contributed by atoms with E-state index in [1.54, 1.807) is 0 Å². The second-order valence-corrected chi connectivity index (χ2v) is 17.4. The molecule has 0 aromatic heterocycles. The van der Waals surface area contributed by atoms with E-state index in [0.29, 0.717) is 0 Å². The van der Waals surface area contributed by atoms with Gasteiger partial charge in [-0.2, -0.15) is 0 Å². The first kappa shape index (κ1) is 35.4. The van der Waals surface area contributed by atoms with E-state index < -0.39 is 0 Å². The summed E-state index contributed by atoms with van der Waals surface area (Å²) in [6.07, 6.45) is 0. The maximum Gasteiger partial charge on any atom is 0.0540 e. The third-order valence-electron chi connectivity index (χ3n) is 11.3. The second-order valence-electron chi connectivity index (χ2n) is 17.4. The van der Waals surface area contributed by atoms with E-state index in [9.17, 15) is 0 Å². The molecule has 0 aliphatic heterocycles. The van der Waals surface area contributed by atoms with Gasteiger partial charge in [-0.3, -0.25) is 0 Å². The van der Waals surface area contributed by atoms with Crippen LogP contribution in [0.1, 0.15) is 74.9 Å². The number of nitrogens with zero attached hydrogens (tertiary/aromatic N) is 2. The van der Waals surface area contributed by atoms with Crippen molar-refractivity contribution in [3.8, 4) is 0 Å². The molecule has 0 heterocycles. The van der Waals surface area contributed by atoms with E-state index in [2.05, 4.69) is 212 Å². The van der Waals surface area contributed by atoms with Gasteiger partial charge in [-0.15, -0.1) is 0 Å². The molecule has 0 saturated heterocycles. The average Bonchev–Trinajstić information content (AvgIpc) is 3.14. The Morgan fingerprint density at radius 3 is 1.06 bits per heavy atom. The lowest BCUT2D eigenvalue weighted by atomic mass is 9.87. The molecule has 0 N–H and O–H groups in total. The fraction of sp³-hybridized carbons (Fsp3) is 0.231. The van der Waals surface area contributed by atoms with Gasteiger partial charge in [0.1, 0.15) is 0 Å². The maximum absolute atomic E-state index is 2.47. The molecule has 54 heavy (non-hydrogen) atoms. The Kier molecular flexibility index (Phi) is 8.57. The predicted octanol–water partition coefficient (Wildman–Crippen LogP) is 15.4. The van der Waals surface area contributed by atoms with Gasteiger partial charge in [-0.25, -0.2) is 0 Å². The molecule has 0 unspecified atom stereocenters. The van der Waals surface area contributed by atoms with Crippen LogP contribution in [0.2, 0.25) is 0 Å². The molecule has 0 spiro atoms. The van der Waals surface area contributed by atoms with Crippen molar-refractivity contribution in [2.45, 2.75) is 80.1 Å². The van der Waals surface area contributed by atoms with Crippen molar-refractivity contribution >= 4 is 66.4 Å². The summed E-state index contributed by atoms with van der Waals surface area (Å²) >= 11 is 0. The van der Waals surface area contributed by atoms with E-state index in [1.807, 2.05) is 0 Å². The Morgan fingerprint density at radius 2 is 0.704 bits per heavy atom. The Morgan fingerprint density at radius 1 is 0.352 bits per heavy atom. The summed E-state index contributed by atoms with van der Waals surface area (Å²) < 4.78 is 0. The van der Waals surface area contributed by atoms with E-state index in [-0.39, 0.29) is 10.8 Å². The zero-order valence-electron chi connectivity index (χ0n) is 33.6. The summed E-state index contributed by atoms with van der Waals surface area (Å²) in [6, 6.07) is 50.6. The molecule has 0 radical (unpaired) electrons. The van der Waals surface area contributed by atoms with Gasteiger partial charge in [0.15, 0.2) is 0 Å². The quantitative estimate of drug-likeness (QED) is 0.159. The Balaban J connectivity index is 1.39. The Hall–Kier alpha value is -5.60. The molecule has 0 amide bonds. The van der Waals surface area contributed by atoms with Gasteiger partial charge in [0.05, 0.1) is 11.4 Å². The molecule has 0 fully saturated rings. The molecule has 8 aromatic carbocycles. The number of benzene rings is 8. The standard InChI is InChI=1S/C52H52N2/c1-33-11-13-35(3)47(31-33)53(41-23-19-39(20-24-41)51(5,6)7)45-29-17-37-16-28-44-46(30-18-38-15-27-43(45)49(37)50(38)44)54(48-32-34(2)12-14-36(48)4)42-25-21-40(22-26-42)52(8,9)10/h11-32H,1-10H3.